The molecule has 6 heteroatoms. The second-order valence-corrected chi connectivity index (χ2v) is 8.38. The van der Waals surface area contributed by atoms with Gasteiger partial charge in [0.2, 0.25) is 5.91 Å². The molecule has 1 heterocycles. The monoisotopic (exact) mass is 441 g/mol. The van der Waals surface area contributed by atoms with Gasteiger partial charge in [0.1, 0.15) is 6.54 Å². The summed E-state index contributed by atoms with van der Waals surface area (Å²) in [5, 5.41) is 3.36. The van der Waals surface area contributed by atoms with E-state index in [1.165, 1.54) is 4.57 Å². The molecule has 3 aromatic carbocycles. The molecule has 0 aliphatic rings. The van der Waals surface area contributed by atoms with E-state index in [4.69, 9.17) is 0 Å². The van der Waals surface area contributed by atoms with Crippen molar-refractivity contribution in [3.05, 3.63) is 104 Å². The lowest BCUT2D eigenvalue weighted by atomic mass is 10.1. The van der Waals surface area contributed by atoms with Crippen LogP contribution >= 0.6 is 0 Å². The second-order valence-electron chi connectivity index (χ2n) is 8.38. The molecule has 0 aliphatic carbocycles. The molecular formula is C27H27N3O3. The fourth-order valence-electron chi connectivity index (χ4n) is 4.31. The van der Waals surface area contributed by atoms with Gasteiger partial charge >= 0.3 is 5.69 Å². The first-order valence-corrected chi connectivity index (χ1v) is 11.0. The van der Waals surface area contributed by atoms with Gasteiger partial charge < -0.3 is 5.32 Å². The lowest BCUT2D eigenvalue weighted by Crippen LogP contribution is -2.41. The molecule has 0 saturated carbocycles. The fraction of sp³-hybridized carbons (Fsp3) is 0.222. The van der Waals surface area contributed by atoms with Crippen LogP contribution in [-0.2, 0) is 17.8 Å². The Hall–Kier alpha value is -3.93. The summed E-state index contributed by atoms with van der Waals surface area (Å²) in [6.45, 7) is 7.60. The van der Waals surface area contributed by atoms with Gasteiger partial charge in [0.25, 0.3) is 5.56 Å². The number of nitrogens with one attached hydrogen (secondary N) is 1. The molecule has 0 unspecified atom stereocenters. The molecule has 4 aromatic rings. The highest BCUT2D eigenvalue weighted by molar-refractivity contribution is 5.93. The van der Waals surface area contributed by atoms with Crippen molar-refractivity contribution in [2.24, 2.45) is 0 Å². The Labute approximate surface area is 192 Å². The van der Waals surface area contributed by atoms with Crippen molar-refractivity contribution in [2.75, 3.05) is 5.32 Å². The standard InChI is InChI=1S/C27H27N3O3/c1-5-20-10-8-9-19(4)25(20)28-24(31)16-29-23-12-7-6-11-22(23)26(32)30(27(29)33)21-14-17(2)13-18(3)15-21/h6-15H,5,16H2,1-4H3,(H,28,31). The number of carbonyl (C=O) groups is 1. The minimum Gasteiger partial charge on any atom is -0.324 e. The van der Waals surface area contributed by atoms with Crippen LogP contribution in [0.4, 0.5) is 5.69 Å². The summed E-state index contributed by atoms with van der Waals surface area (Å²) in [7, 11) is 0. The van der Waals surface area contributed by atoms with Crippen LogP contribution in [0.15, 0.2) is 70.3 Å². The van der Waals surface area contributed by atoms with E-state index in [2.05, 4.69) is 5.32 Å². The first kappa shape index (κ1) is 22.3. The highest BCUT2D eigenvalue weighted by Gasteiger charge is 2.17. The molecule has 4 rings (SSSR count). The minimum absolute atomic E-state index is 0.206. The van der Waals surface area contributed by atoms with Crippen molar-refractivity contribution < 1.29 is 4.79 Å². The zero-order valence-electron chi connectivity index (χ0n) is 19.3. The SMILES string of the molecule is CCc1cccc(C)c1NC(=O)Cn1c(=O)n(-c2cc(C)cc(C)c2)c(=O)c2ccccc21. The molecule has 1 N–H and O–H groups in total. The Kier molecular flexibility index (Phi) is 6.01. The molecule has 0 atom stereocenters. The number of rotatable bonds is 5. The number of hydrogen-bond acceptors (Lipinski definition) is 3. The molecule has 168 valence electrons. The summed E-state index contributed by atoms with van der Waals surface area (Å²) in [6, 6.07) is 18.4. The number of para-hydroxylation sites is 2. The number of amides is 1. The van der Waals surface area contributed by atoms with Crippen molar-refractivity contribution in [1.29, 1.82) is 0 Å². The van der Waals surface area contributed by atoms with Crippen LogP contribution in [0, 0.1) is 20.8 Å². The van der Waals surface area contributed by atoms with Crippen LogP contribution < -0.4 is 16.6 Å². The minimum atomic E-state index is -0.542. The molecular weight excluding hydrogens is 414 g/mol. The normalized spacial score (nSPS) is 11.0. The first-order valence-electron chi connectivity index (χ1n) is 11.0. The third-order valence-electron chi connectivity index (χ3n) is 5.82. The third kappa shape index (κ3) is 4.24. The molecule has 0 saturated heterocycles. The van der Waals surface area contributed by atoms with Gasteiger partial charge in [-0.15, -0.1) is 0 Å². The van der Waals surface area contributed by atoms with Crippen molar-refractivity contribution in [1.82, 2.24) is 9.13 Å². The Morgan fingerprint density at radius 2 is 1.61 bits per heavy atom. The molecule has 1 amide bonds. The Bertz CT molecular complexity index is 1470. The number of anilines is 1. The maximum Gasteiger partial charge on any atom is 0.336 e. The van der Waals surface area contributed by atoms with Gasteiger partial charge in [-0.25, -0.2) is 9.36 Å². The van der Waals surface area contributed by atoms with Gasteiger partial charge in [-0.3, -0.25) is 14.2 Å². The summed E-state index contributed by atoms with van der Waals surface area (Å²) in [5.41, 5.74) is 4.63. The van der Waals surface area contributed by atoms with Crippen LogP contribution in [-0.4, -0.2) is 15.0 Å². The van der Waals surface area contributed by atoms with E-state index >= 15 is 0 Å². The van der Waals surface area contributed by atoms with Gasteiger partial charge in [0.15, 0.2) is 0 Å². The lowest BCUT2D eigenvalue weighted by Gasteiger charge is -2.16. The molecule has 1 aromatic heterocycles. The molecule has 0 aliphatic heterocycles. The maximum absolute atomic E-state index is 13.6. The summed E-state index contributed by atoms with van der Waals surface area (Å²) in [6.07, 6.45) is 0.776. The molecule has 0 fully saturated rings. The van der Waals surface area contributed by atoms with Crippen molar-refractivity contribution in [2.45, 2.75) is 40.7 Å². The quantitative estimate of drug-likeness (QED) is 0.502. The predicted octanol–water partition coefficient (Wildman–Crippen LogP) is 4.28. The molecule has 0 radical (unpaired) electrons. The summed E-state index contributed by atoms with van der Waals surface area (Å²) in [4.78, 5) is 39.9. The highest BCUT2D eigenvalue weighted by atomic mass is 16.2. The molecule has 33 heavy (non-hydrogen) atoms. The van der Waals surface area contributed by atoms with Crippen LogP contribution in [0.2, 0.25) is 0 Å². The van der Waals surface area contributed by atoms with E-state index in [1.807, 2.05) is 52.0 Å². The van der Waals surface area contributed by atoms with Crippen LogP contribution in [0.3, 0.4) is 0 Å². The Morgan fingerprint density at radius 1 is 0.909 bits per heavy atom. The van der Waals surface area contributed by atoms with Gasteiger partial charge in [-0.1, -0.05) is 43.3 Å². The van der Waals surface area contributed by atoms with Gasteiger partial charge in [-0.2, -0.15) is 0 Å². The van der Waals surface area contributed by atoms with Gasteiger partial charge in [0, 0.05) is 5.69 Å². The van der Waals surface area contributed by atoms with Crippen LogP contribution in [0.5, 0.6) is 0 Å². The molecule has 0 spiro atoms. The second kappa shape index (κ2) is 8.90. The smallest absolute Gasteiger partial charge is 0.324 e. The summed E-state index contributed by atoms with van der Waals surface area (Å²) in [5.74, 6) is -0.322. The molecule has 0 bridgehead atoms. The average Bonchev–Trinajstić information content (AvgIpc) is 2.77. The number of aryl methyl sites for hydroxylation is 4. The molecule has 6 nitrogen and oxygen atoms in total. The third-order valence-corrected chi connectivity index (χ3v) is 5.82. The lowest BCUT2D eigenvalue weighted by molar-refractivity contribution is -0.116. The van der Waals surface area contributed by atoms with Crippen LogP contribution in [0.25, 0.3) is 16.6 Å². The van der Waals surface area contributed by atoms with E-state index in [0.717, 1.165) is 38.9 Å². The number of carbonyl (C=O) groups excluding carboxylic acids is 1. The summed E-state index contributed by atoms with van der Waals surface area (Å²) >= 11 is 0. The predicted molar refractivity (Wildman–Crippen MR) is 132 cm³/mol. The number of nitrogens with zero attached hydrogens (tertiary/aromatic N) is 2. The zero-order chi connectivity index (χ0) is 23.7. The topological polar surface area (TPSA) is 73.1 Å². The number of hydrogen-bond donors (Lipinski definition) is 1. The van der Waals surface area contributed by atoms with Crippen molar-refractivity contribution in [3.8, 4) is 5.69 Å². The fourth-order valence-corrected chi connectivity index (χ4v) is 4.31. The largest absolute Gasteiger partial charge is 0.336 e. The highest BCUT2D eigenvalue weighted by Crippen LogP contribution is 2.21. The van der Waals surface area contributed by atoms with E-state index in [1.54, 1.807) is 36.4 Å². The first-order chi connectivity index (χ1) is 15.8. The Balaban J connectivity index is 1.85. The van der Waals surface area contributed by atoms with E-state index in [-0.39, 0.29) is 12.5 Å². The summed E-state index contributed by atoms with van der Waals surface area (Å²) < 4.78 is 2.52. The number of fused-ring (bicyclic) bond motifs is 1. The van der Waals surface area contributed by atoms with Crippen molar-refractivity contribution >= 4 is 22.5 Å². The van der Waals surface area contributed by atoms with Crippen molar-refractivity contribution in [3.63, 3.8) is 0 Å². The maximum atomic E-state index is 13.6. The van der Waals surface area contributed by atoms with Crippen LogP contribution in [0.1, 0.15) is 29.2 Å². The zero-order valence-corrected chi connectivity index (χ0v) is 19.3. The van der Waals surface area contributed by atoms with E-state index in [9.17, 15) is 14.4 Å². The number of aromatic nitrogens is 2. The number of benzene rings is 3. The average molecular weight is 442 g/mol. The van der Waals surface area contributed by atoms with E-state index < -0.39 is 11.2 Å². The van der Waals surface area contributed by atoms with Gasteiger partial charge in [-0.05, 0) is 73.7 Å². The Morgan fingerprint density at radius 3 is 2.30 bits per heavy atom. The van der Waals surface area contributed by atoms with E-state index in [0.29, 0.717) is 16.6 Å². The van der Waals surface area contributed by atoms with Gasteiger partial charge in [0.05, 0.1) is 16.6 Å².